The van der Waals surface area contributed by atoms with Gasteiger partial charge in [0.2, 0.25) is 0 Å². The van der Waals surface area contributed by atoms with E-state index in [2.05, 4.69) is 58.5 Å². The van der Waals surface area contributed by atoms with Gasteiger partial charge in [0.05, 0.1) is 7.11 Å². The molecular weight excluding hydrogens is 314 g/mol. The molecule has 20 heavy (non-hydrogen) atoms. The van der Waals surface area contributed by atoms with Gasteiger partial charge in [-0.2, -0.15) is 0 Å². The van der Waals surface area contributed by atoms with Gasteiger partial charge in [0.1, 0.15) is 5.75 Å². The molecule has 0 bridgehead atoms. The highest BCUT2D eigenvalue weighted by atomic mass is 79.9. The van der Waals surface area contributed by atoms with Gasteiger partial charge in [-0.3, -0.25) is 0 Å². The number of rotatable bonds is 5. The van der Waals surface area contributed by atoms with E-state index in [1.54, 1.807) is 7.11 Å². The van der Waals surface area contributed by atoms with E-state index >= 15 is 0 Å². The summed E-state index contributed by atoms with van der Waals surface area (Å²) in [5.74, 6) is 0.905. The molecule has 0 spiro atoms. The highest BCUT2D eigenvalue weighted by molar-refractivity contribution is 9.10. The van der Waals surface area contributed by atoms with Crippen molar-refractivity contribution in [2.24, 2.45) is 0 Å². The van der Waals surface area contributed by atoms with Gasteiger partial charge >= 0.3 is 0 Å². The lowest BCUT2D eigenvalue weighted by Crippen LogP contribution is -2.19. The highest BCUT2D eigenvalue weighted by Crippen LogP contribution is 2.24. The smallest absolute Gasteiger partial charge is 0.119 e. The maximum atomic E-state index is 5.29. The second-order valence-electron chi connectivity index (χ2n) is 4.96. The minimum atomic E-state index is 0.290. The molecule has 0 saturated carbocycles. The topological polar surface area (TPSA) is 21.3 Å². The van der Waals surface area contributed by atoms with Crippen LogP contribution in [0, 0.1) is 6.92 Å². The molecule has 2 aromatic rings. The van der Waals surface area contributed by atoms with Crippen molar-refractivity contribution in [3.8, 4) is 5.75 Å². The number of halogens is 1. The van der Waals surface area contributed by atoms with Crippen LogP contribution in [0.5, 0.6) is 5.75 Å². The van der Waals surface area contributed by atoms with Crippen LogP contribution in [0.2, 0.25) is 0 Å². The Labute approximate surface area is 129 Å². The van der Waals surface area contributed by atoms with Crippen LogP contribution in [-0.2, 0) is 6.42 Å². The van der Waals surface area contributed by atoms with Crippen LogP contribution in [0.3, 0.4) is 0 Å². The van der Waals surface area contributed by atoms with E-state index in [9.17, 15) is 0 Å². The predicted octanol–water partition coefficient (Wildman–Crippen LogP) is 4.27. The summed E-state index contributed by atoms with van der Waals surface area (Å²) in [4.78, 5) is 0. The molecule has 1 atom stereocenters. The Balaban J connectivity index is 2.23. The summed E-state index contributed by atoms with van der Waals surface area (Å²) in [7, 11) is 3.70. The maximum absolute atomic E-state index is 5.29. The summed E-state index contributed by atoms with van der Waals surface area (Å²) in [6.45, 7) is 2.12. The number of likely N-dealkylation sites (N-methyl/N-ethyl adjacent to an activating group) is 1. The predicted molar refractivity (Wildman–Crippen MR) is 87.4 cm³/mol. The van der Waals surface area contributed by atoms with E-state index in [4.69, 9.17) is 4.74 Å². The van der Waals surface area contributed by atoms with Crippen LogP contribution in [0.15, 0.2) is 46.9 Å². The second-order valence-corrected chi connectivity index (χ2v) is 5.87. The Morgan fingerprint density at radius 1 is 1.20 bits per heavy atom. The Morgan fingerprint density at radius 2 is 2.00 bits per heavy atom. The Bertz CT molecular complexity index is 563. The minimum absolute atomic E-state index is 0.290. The highest BCUT2D eigenvalue weighted by Gasteiger charge is 2.11. The van der Waals surface area contributed by atoms with Gasteiger partial charge in [-0.15, -0.1) is 0 Å². The molecule has 1 N–H and O–H groups in total. The molecule has 0 aliphatic heterocycles. The van der Waals surface area contributed by atoms with Crippen LogP contribution >= 0.6 is 15.9 Å². The Hall–Kier alpha value is -1.32. The van der Waals surface area contributed by atoms with E-state index in [-0.39, 0.29) is 0 Å². The van der Waals surface area contributed by atoms with Gasteiger partial charge < -0.3 is 10.1 Å². The summed E-state index contributed by atoms with van der Waals surface area (Å²) in [5.41, 5.74) is 3.82. The van der Waals surface area contributed by atoms with Gasteiger partial charge in [0.25, 0.3) is 0 Å². The zero-order valence-electron chi connectivity index (χ0n) is 12.1. The first-order chi connectivity index (χ1) is 9.62. The number of hydrogen-bond acceptors (Lipinski definition) is 2. The summed E-state index contributed by atoms with van der Waals surface area (Å²) < 4.78 is 6.41. The molecule has 2 rings (SSSR count). The first-order valence-corrected chi connectivity index (χ1v) is 7.49. The number of aryl methyl sites for hydroxylation is 1. The van der Waals surface area contributed by atoms with Gasteiger partial charge in [0.15, 0.2) is 0 Å². The molecule has 0 heterocycles. The molecule has 106 valence electrons. The number of methoxy groups -OCH3 is 1. The molecule has 2 aromatic carbocycles. The number of nitrogens with one attached hydrogen (secondary N) is 1. The normalized spacial score (nSPS) is 12.2. The fourth-order valence-electron chi connectivity index (χ4n) is 2.39. The van der Waals surface area contributed by atoms with Crippen molar-refractivity contribution in [1.29, 1.82) is 0 Å². The van der Waals surface area contributed by atoms with Crippen molar-refractivity contribution in [2.45, 2.75) is 19.4 Å². The van der Waals surface area contributed by atoms with Crippen LogP contribution < -0.4 is 10.1 Å². The lowest BCUT2D eigenvalue weighted by Gasteiger charge is -2.18. The number of hydrogen-bond donors (Lipinski definition) is 1. The number of benzene rings is 2. The summed E-state index contributed by atoms with van der Waals surface area (Å²) in [6, 6.07) is 15.1. The lowest BCUT2D eigenvalue weighted by molar-refractivity contribution is 0.414. The zero-order chi connectivity index (χ0) is 14.5. The molecule has 0 aromatic heterocycles. The fourth-order valence-corrected chi connectivity index (χ4v) is 3.01. The van der Waals surface area contributed by atoms with Gasteiger partial charge in [-0.05, 0) is 61.3 Å². The summed E-state index contributed by atoms with van der Waals surface area (Å²) in [5, 5.41) is 3.40. The largest absolute Gasteiger partial charge is 0.497 e. The van der Waals surface area contributed by atoms with Gasteiger partial charge in [0, 0.05) is 10.5 Å². The quantitative estimate of drug-likeness (QED) is 0.882. The fraction of sp³-hybridized carbons (Fsp3) is 0.294. The standard InChI is InChI=1S/C17H20BrNO/c1-12-7-14(11-15(18)8-12)17(19-2)10-13-5-4-6-16(9-13)20-3/h4-9,11,17,19H,10H2,1-3H3. The SMILES string of the molecule is CNC(Cc1cccc(OC)c1)c1cc(C)cc(Br)c1. The van der Waals surface area contributed by atoms with Crippen molar-refractivity contribution >= 4 is 15.9 Å². The van der Waals surface area contributed by atoms with Gasteiger partial charge in [-0.25, -0.2) is 0 Å². The third-order valence-electron chi connectivity index (χ3n) is 3.39. The minimum Gasteiger partial charge on any atom is -0.497 e. The van der Waals surface area contributed by atoms with Crippen LogP contribution in [0.25, 0.3) is 0 Å². The first-order valence-electron chi connectivity index (χ1n) is 6.69. The maximum Gasteiger partial charge on any atom is 0.119 e. The third kappa shape index (κ3) is 3.84. The molecule has 0 fully saturated rings. The van der Waals surface area contributed by atoms with Gasteiger partial charge in [-0.1, -0.05) is 34.1 Å². The van der Waals surface area contributed by atoms with Crippen LogP contribution in [-0.4, -0.2) is 14.2 Å². The summed E-state index contributed by atoms with van der Waals surface area (Å²) in [6.07, 6.45) is 0.934. The first kappa shape index (κ1) is 15.1. The molecule has 0 aliphatic carbocycles. The molecule has 0 saturated heterocycles. The zero-order valence-corrected chi connectivity index (χ0v) is 13.7. The molecule has 0 amide bonds. The molecule has 1 unspecified atom stereocenters. The lowest BCUT2D eigenvalue weighted by atomic mass is 9.97. The Morgan fingerprint density at radius 3 is 2.65 bits per heavy atom. The van der Waals surface area contributed by atoms with Crippen molar-refractivity contribution in [3.05, 3.63) is 63.6 Å². The summed E-state index contributed by atoms with van der Waals surface area (Å²) >= 11 is 3.57. The van der Waals surface area contributed by atoms with Crippen molar-refractivity contribution in [1.82, 2.24) is 5.32 Å². The van der Waals surface area contributed by atoms with Crippen molar-refractivity contribution in [2.75, 3.05) is 14.2 Å². The molecular formula is C17H20BrNO. The van der Waals surface area contributed by atoms with Crippen molar-refractivity contribution in [3.63, 3.8) is 0 Å². The van der Waals surface area contributed by atoms with E-state index in [1.807, 2.05) is 19.2 Å². The Kier molecular flexibility index (Phi) is 5.21. The molecule has 0 aliphatic rings. The van der Waals surface area contributed by atoms with E-state index < -0.39 is 0 Å². The van der Waals surface area contributed by atoms with E-state index in [0.717, 1.165) is 16.6 Å². The van der Waals surface area contributed by atoms with E-state index in [1.165, 1.54) is 16.7 Å². The average Bonchev–Trinajstić information content (AvgIpc) is 2.44. The number of ether oxygens (including phenoxy) is 1. The molecule has 3 heteroatoms. The third-order valence-corrected chi connectivity index (χ3v) is 3.85. The van der Waals surface area contributed by atoms with Crippen LogP contribution in [0.1, 0.15) is 22.7 Å². The monoisotopic (exact) mass is 333 g/mol. The second kappa shape index (κ2) is 6.91. The molecule has 2 nitrogen and oxygen atoms in total. The van der Waals surface area contributed by atoms with Crippen LogP contribution in [0.4, 0.5) is 0 Å². The van der Waals surface area contributed by atoms with Crippen molar-refractivity contribution < 1.29 is 4.74 Å². The molecule has 0 radical (unpaired) electrons. The van der Waals surface area contributed by atoms with E-state index in [0.29, 0.717) is 6.04 Å². The average molecular weight is 334 g/mol.